The molecule has 0 spiro atoms. The molecular weight excluding hydrogens is 292 g/mol. The van der Waals surface area contributed by atoms with Crippen LogP contribution in [0.25, 0.3) is 10.9 Å². The number of aromatic amines is 1. The van der Waals surface area contributed by atoms with E-state index in [-0.39, 0.29) is 11.3 Å². The van der Waals surface area contributed by atoms with Crippen LogP contribution < -0.4 is 5.32 Å². The molecule has 0 saturated carbocycles. The number of aromatic nitrogens is 1. The maximum absolute atomic E-state index is 12.3. The molecule has 0 fully saturated rings. The fourth-order valence-electron chi connectivity index (χ4n) is 2.34. The van der Waals surface area contributed by atoms with E-state index in [0.717, 1.165) is 10.9 Å². The maximum Gasteiger partial charge on any atom is 0.308 e. The van der Waals surface area contributed by atoms with E-state index < -0.39 is 17.9 Å². The van der Waals surface area contributed by atoms with Gasteiger partial charge in [0.25, 0.3) is 5.91 Å². The second kappa shape index (κ2) is 6.07. The van der Waals surface area contributed by atoms with Gasteiger partial charge in [0.05, 0.1) is 5.92 Å². The summed E-state index contributed by atoms with van der Waals surface area (Å²) < 4.78 is 0. The first-order valence-electron chi connectivity index (χ1n) is 7.76. The molecule has 124 valence electrons. The van der Waals surface area contributed by atoms with E-state index in [1.54, 1.807) is 19.9 Å². The van der Waals surface area contributed by atoms with Gasteiger partial charge in [0.1, 0.15) is 5.69 Å². The molecule has 0 radical (unpaired) electrons. The van der Waals surface area contributed by atoms with E-state index in [1.807, 2.05) is 6.07 Å². The summed E-state index contributed by atoms with van der Waals surface area (Å²) in [6, 6.07) is 7.45. The minimum atomic E-state index is -0.927. The number of hydrogen-bond acceptors (Lipinski definition) is 2. The SMILES string of the molecule is CC(NC(=O)c1cc2ccc(C(C)(C)C)cc2[nH]1)C(C)C(=O)O. The monoisotopic (exact) mass is 316 g/mol. The van der Waals surface area contributed by atoms with Crippen LogP contribution in [0, 0.1) is 5.92 Å². The number of H-pyrrole nitrogens is 1. The van der Waals surface area contributed by atoms with Gasteiger partial charge >= 0.3 is 5.97 Å². The molecule has 1 amide bonds. The fourth-order valence-corrected chi connectivity index (χ4v) is 2.34. The summed E-state index contributed by atoms with van der Waals surface area (Å²) in [5.74, 6) is -1.86. The van der Waals surface area contributed by atoms with Crippen molar-refractivity contribution in [2.45, 2.75) is 46.1 Å². The smallest absolute Gasteiger partial charge is 0.308 e. The van der Waals surface area contributed by atoms with Gasteiger partial charge in [0, 0.05) is 16.9 Å². The number of benzene rings is 1. The molecular formula is C18H24N2O3. The average molecular weight is 316 g/mol. The Balaban J connectivity index is 2.23. The Labute approximate surface area is 136 Å². The molecule has 2 unspecified atom stereocenters. The molecule has 0 aliphatic heterocycles. The molecule has 23 heavy (non-hydrogen) atoms. The predicted octanol–water partition coefficient (Wildman–Crippen LogP) is 3.30. The van der Waals surface area contributed by atoms with Crippen molar-refractivity contribution in [3.8, 4) is 0 Å². The average Bonchev–Trinajstić information content (AvgIpc) is 2.88. The van der Waals surface area contributed by atoms with Gasteiger partial charge in [0.15, 0.2) is 0 Å². The number of aliphatic carboxylic acids is 1. The van der Waals surface area contributed by atoms with Crippen molar-refractivity contribution in [1.82, 2.24) is 10.3 Å². The van der Waals surface area contributed by atoms with Gasteiger partial charge in [0.2, 0.25) is 0 Å². The molecule has 0 saturated heterocycles. The third-order valence-electron chi connectivity index (χ3n) is 4.23. The summed E-state index contributed by atoms with van der Waals surface area (Å²) in [6.45, 7) is 9.68. The highest BCUT2D eigenvalue weighted by atomic mass is 16.4. The number of hydrogen-bond donors (Lipinski definition) is 3. The lowest BCUT2D eigenvalue weighted by Crippen LogP contribution is -2.40. The first kappa shape index (κ1) is 17.1. The molecule has 0 aliphatic carbocycles. The van der Waals surface area contributed by atoms with Crippen molar-refractivity contribution in [3.63, 3.8) is 0 Å². The number of carbonyl (C=O) groups is 2. The van der Waals surface area contributed by atoms with Crippen molar-refractivity contribution in [2.24, 2.45) is 5.92 Å². The summed E-state index contributed by atoms with van der Waals surface area (Å²) in [5, 5.41) is 12.7. The number of nitrogens with one attached hydrogen (secondary N) is 2. The zero-order chi connectivity index (χ0) is 17.4. The van der Waals surface area contributed by atoms with Crippen LogP contribution in [0.4, 0.5) is 0 Å². The second-order valence-corrected chi connectivity index (χ2v) is 7.12. The lowest BCUT2D eigenvalue weighted by atomic mass is 9.87. The van der Waals surface area contributed by atoms with Crippen LogP contribution in [0.3, 0.4) is 0 Å². The quantitative estimate of drug-likeness (QED) is 0.809. The zero-order valence-corrected chi connectivity index (χ0v) is 14.2. The molecule has 0 aliphatic rings. The minimum absolute atomic E-state index is 0.0349. The minimum Gasteiger partial charge on any atom is -0.481 e. The predicted molar refractivity (Wildman–Crippen MR) is 90.7 cm³/mol. The molecule has 2 aromatic rings. The third-order valence-corrected chi connectivity index (χ3v) is 4.23. The number of carboxylic acids is 1. The van der Waals surface area contributed by atoms with Crippen molar-refractivity contribution in [3.05, 3.63) is 35.5 Å². The summed E-state index contributed by atoms with van der Waals surface area (Å²) in [6.07, 6.45) is 0. The molecule has 2 atom stereocenters. The van der Waals surface area contributed by atoms with E-state index in [9.17, 15) is 9.59 Å². The van der Waals surface area contributed by atoms with Crippen LogP contribution in [0.2, 0.25) is 0 Å². The number of carbonyl (C=O) groups excluding carboxylic acids is 1. The Kier molecular flexibility index (Phi) is 4.50. The number of carboxylic acid groups (broad SMARTS) is 1. The molecule has 3 N–H and O–H groups in total. The Hall–Kier alpha value is -2.30. The van der Waals surface area contributed by atoms with Crippen LogP contribution >= 0.6 is 0 Å². The lowest BCUT2D eigenvalue weighted by molar-refractivity contribution is -0.141. The highest BCUT2D eigenvalue weighted by molar-refractivity contribution is 5.98. The third kappa shape index (κ3) is 3.73. The Morgan fingerprint density at radius 2 is 1.83 bits per heavy atom. The first-order valence-corrected chi connectivity index (χ1v) is 7.76. The summed E-state index contributed by atoms with van der Waals surface area (Å²) in [5.41, 5.74) is 2.57. The van der Waals surface area contributed by atoms with Gasteiger partial charge in [-0.25, -0.2) is 0 Å². The van der Waals surface area contributed by atoms with E-state index in [4.69, 9.17) is 5.11 Å². The molecule has 1 heterocycles. The highest BCUT2D eigenvalue weighted by Gasteiger charge is 2.22. The molecule has 0 bridgehead atoms. The van der Waals surface area contributed by atoms with Crippen LogP contribution in [0.5, 0.6) is 0 Å². The zero-order valence-electron chi connectivity index (χ0n) is 14.2. The fraction of sp³-hybridized carbons (Fsp3) is 0.444. The van der Waals surface area contributed by atoms with E-state index in [2.05, 4.69) is 43.2 Å². The second-order valence-electron chi connectivity index (χ2n) is 7.12. The Bertz CT molecular complexity index is 740. The molecule has 2 rings (SSSR count). The summed E-state index contributed by atoms with van der Waals surface area (Å²) in [4.78, 5) is 26.4. The summed E-state index contributed by atoms with van der Waals surface area (Å²) >= 11 is 0. The Morgan fingerprint density at radius 3 is 2.39 bits per heavy atom. The standard InChI is InChI=1S/C18H24N2O3/c1-10(17(22)23)11(2)19-16(21)15-8-12-6-7-13(18(3,4)5)9-14(12)20-15/h6-11,20H,1-5H3,(H,19,21)(H,22,23). The van der Waals surface area contributed by atoms with Crippen molar-refractivity contribution in [2.75, 3.05) is 0 Å². The van der Waals surface area contributed by atoms with Crippen molar-refractivity contribution >= 4 is 22.8 Å². The molecule has 5 heteroatoms. The van der Waals surface area contributed by atoms with Crippen molar-refractivity contribution in [1.29, 1.82) is 0 Å². The van der Waals surface area contributed by atoms with Gasteiger partial charge in [-0.3, -0.25) is 9.59 Å². The molecule has 1 aromatic carbocycles. The van der Waals surface area contributed by atoms with Crippen LogP contribution in [0.15, 0.2) is 24.3 Å². The Morgan fingerprint density at radius 1 is 1.17 bits per heavy atom. The van der Waals surface area contributed by atoms with Crippen LogP contribution in [-0.4, -0.2) is 28.0 Å². The lowest BCUT2D eigenvalue weighted by Gasteiger charge is -2.18. The number of rotatable bonds is 4. The summed E-state index contributed by atoms with van der Waals surface area (Å²) in [7, 11) is 0. The molecule has 1 aromatic heterocycles. The number of fused-ring (bicyclic) bond motifs is 1. The molecule has 5 nitrogen and oxygen atoms in total. The largest absolute Gasteiger partial charge is 0.481 e. The maximum atomic E-state index is 12.3. The van der Waals surface area contributed by atoms with Gasteiger partial charge in [-0.05, 0) is 37.0 Å². The van der Waals surface area contributed by atoms with Gasteiger partial charge in [-0.15, -0.1) is 0 Å². The van der Waals surface area contributed by atoms with Crippen molar-refractivity contribution < 1.29 is 14.7 Å². The van der Waals surface area contributed by atoms with Crippen LogP contribution in [-0.2, 0) is 10.2 Å². The van der Waals surface area contributed by atoms with E-state index in [0.29, 0.717) is 5.69 Å². The van der Waals surface area contributed by atoms with Crippen LogP contribution in [0.1, 0.15) is 50.7 Å². The van der Waals surface area contributed by atoms with E-state index >= 15 is 0 Å². The topological polar surface area (TPSA) is 82.2 Å². The van der Waals surface area contributed by atoms with Gasteiger partial charge < -0.3 is 15.4 Å². The first-order chi connectivity index (χ1) is 10.6. The number of amides is 1. The highest BCUT2D eigenvalue weighted by Crippen LogP contribution is 2.26. The van der Waals surface area contributed by atoms with Gasteiger partial charge in [-0.2, -0.15) is 0 Å². The van der Waals surface area contributed by atoms with Gasteiger partial charge in [-0.1, -0.05) is 32.9 Å². The van der Waals surface area contributed by atoms with E-state index in [1.165, 1.54) is 5.56 Å². The normalized spacial score (nSPS) is 14.5.